The van der Waals surface area contributed by atoms with Gasteiger partial charge in [-0.3, -0.25) is 19.1 Å². The molecule has 8 heteroatoms. The third-order valence-corrected chi connectivity index (χ3v) is 7.90. The summed E-state index contributed by atoms with van der Waals surface area (Å²) >= 11 is 6.82. The van der Waals surface area contributed by atoms with E-state index in [0.717, 1.165) is 56.6 Å². The Morgan fingerprint density at radius 1 is 1.18 bits per heavy atom. The van der Waals surface area contributed by atoms with E-state index in [4.69, 9.17) is 12.2 Å². The number of aromatic nitrogens is 1. The highest BCUT2D eigenvalue weighted by Crippen LogP contribution is 2.37. The Kier molecular flexibility index (Phi) is 8.41. The molecule has 0 spiro atoms. The Hall–Kier alpha value is -2.11. The number of carbonyl (C=O) groups is 1. The van der Waals surface area contributed by atoms with Crippen LogP contribution in [0.25, 0.3) is 6.08 Å². The maximum absolute atomic E-state index is 13.2. The summed E-state index contributed by atoms with van der Waals surface area (Å²) in [7, 11) is 1.72. The van der Waals surface area contributed by atoms with E-state index in [9.17, 15) is 14.9 Å². The fourth-order valence-corrected chi connectivity index (χ4v) is 6.24. The first-order valence-corrected chi connectivity index (χ1v) is 13.1. The highest BCUT2D eigenvalue weighted by molar-refractivity contribution is 8.26. The van der Waals surface area contributed by atoms with Gasteiger partial charge in [0.1, 0.15) is 21.8 Å². The molecule has 0 radical (unpaired) electrons. The average molecular weight is 487 g/mol. The number of piperidine rings is 1. The van der Waals surface area contributed by atoms with Gasteiger partial charge in [-0.05, 0) is 43.2 Å². The lowest BCUT2D eigenvalue weighted by atomic mass is 9.91. The summed E-state index contributed by atoms with van der Waals surface area (Å²) in [4.78, 5) is 30.7. The number of anilines is 1. The predicted molar refractivity (Wildman–Crippen MR) is 140 cm³/mol. The molecule has 2 atom stereocenters. The number of hydrogen-bond donors (Lipinski definition) is 0. The normalized spacial score (nSPS) is 22.4. The molecule has 6 nitrogen and oxygen atoms in total. The van der Waals surface area contributed by atoms with Crippen molar-refractivity contribution in [2.24, 2.45) is 18.9 Å². The van der Waals surface area contributed by atoms with Crippen molar-refractivity contribution in [1.82, 2.24) is 9.47 Å². The zero-order valence-electron chi connectivity index (χ0n) is 20.3. The van der Waals surface area contributed by atoms with E-state index < -0.39 is 0 Å². The Morgan fingerprint density at radius 3 is 2.45 bits per heavy atom. The van der Waals surface area contributed by atoms with Crippen molar-refractivity contribution in [3.63, 3.8) is 0 Å². The van der Waals surface area contributed by atoms with Crippen LogP contribution in [0.3, 0.4) is 0 Å². The summed E-state index contributed by atoms with van der Waals surface area (Å²) in [5.74, 6) is 1.69. The molecule has 2 unspecified atom stereocenters. The number of thiocarbonyl (C=S) groups is 1. The number of hydrogen-bond acceptors (Lipinski definition) is 6. The van der Waals surface area contributed by atoms with Gasteiger partial charge in [0.25, 0.3) is 11.5 Å². The van der Waals surface area contributed by atoms with Crippen LogP contribution >= 0.6 is 24.0 Å². The highest BCUT2D eigenvalue weighted by Gasteiger charge is 2.33. The highest BCUT2D eigenvalue weighted by atomic mass is 32.2. The standard InChI is InChI=1S/C25H34N4O2S2/c1-6-7-8-9-10-29-24(31)21(33-25(29)32)12-19-18(4)20(13-26)23(30)27(5)22(19)28-14-16(2)11-17(3)15-28/h12,16-17H,6-11,14-15H2,1-5H3/b21-12-. The zero-order valence-corrected chi connectivity index (χ0v) is 21.9. The summed E-state index contributed by atoms with van der Waals surface area (Å²) in [6.07, 6.45) is 7.29. The number of thioether (sulfide) groups is 1. The van der Waals surface area contributed by atoms with Crippen LogP contribution in [0.2, 0.25) is 0 Å². The minimum atomic E-state index is -0.295. The molecule has 1 amide bonds. The quantitative estimate of drug-likeness (QED) is 0.312. The molecule has 2 saturated heterocycles. The molecule has 33 heavy (non-hydrogen) atoms. The number of carbonyl (C=O) groups excluding carboxylic acids is 1. The molecule has 1 aromatic rings. The minimum Gasteiger partial charge on any atom is -0.357 e. The molecule has 3 heterocycles. The van der Waals surface area contributed by atoms with Crippen LogP contribution in [-0.2, 0) is 11.8 Å². The second kappa shape index (κ2) is 10.9. The first kappa shape index (κ1) is 25.5. The van der Waals surface area contributed by atoms with Crippen LogP contribution in [0.1, 0.15) is 69.6 Å². The predicted octanol–water partition coefficient (Wildman–Crippen LogP) is 4.83. The molecule has 3 rings (SSSR count). The fraction of sp³-hybridized carbons (Fsp3) is 0.600. The van der Waals surface area contributed by atoms with Crippen LogP contribution < -0.4 is 10.5 Å². The van der Waals surface area contributed by atoms with Crippen LogP contribution in [0.5, 0.6) is 0 Å². The van der Waals surface area contributed by atoms with Crippen LogP contribution in [-0.4, -0.2) is 39.3 Å². The Balaban J connectivity index is 2.05. The first-order chi connectivity index (χ1) is 15.7. The van der Waals surface area contributed by atoms with Crippen molar-refractivity contribution in [3.8, 4) is 6.07 Å². The lowest BCUT2D eigenvalue weighted by Gasteiger charge is -2.38. The van der Waals surface area contributed by atoms with Gasteiger partial charge < -0.3 is 4.90 Å². The third kappa shape index (κ3) is 5.36. The zero-order chi connectivity index (χ0) is 24.3. The van der Waals surface area contributed by atoms with Crippen molar-refractivity contribution in [3.05, 3.63) is 31.9 Å². The molecule has 0 aliphatic carbocycles. The number of rotatable bonds is 7. The van der Waals surface area contributed by atoms with Gasteiger partial charge in [-0.25, -0.2) is 0 Å². The third-order valence-electron chi connectivity index (χ3n) is 6.52. The van der Waals surface area contributed by atoms with Crippen molar-refractivity contribution in [1.29, 1.82) is 5.26 Å². The number of amides is 1. The van der Waals surface area contributed by atoms with E-state index in [2.05, 4.69) is 31.7 Å². The molecular formula is C25H34N4O2S2. The Bertz CT molecular complexity index is 1060. The maximum Gasteiger partial charge on any atom is 0.270 e. The fourth-order valence-electron chi connectivity index (χ4n) is 4.95. The van der Waals surface area contributed by atoms with E-state index in [1.807, 2.05) is 6.08 Å². The molecule has 0 saturated carbocycles. The monoisotopic (exact) mass is 486 g/mol. The molecule has 0 N–H and O–H groups in total. The van der Waals surface area contributed by atoms with Gasteiger partial charge in [0.15, 0.2) is 0 Å². The molecule has 1 aromatic heterocycles. The van der Waals surface area contributed by atoms with E-state index in [0.29, 0.717) is 33.2 Å². The van der Waals surface area contributed by atoms with Crippen molar-refractivity contribution >= 4 is 46.1 Å². The number of nitriles is 1. The molecule has 2 aliphatic heterocycles. The second-order valence-corrected chi connectivity index (χ2v) is 11.1. The molecule has 0 aromatic carbocycles. The van der Waals surface area contributed by atoms with Crippen LogP contribution in [0, 0.1) is 30.1 Å². The van der Waals surface area contributed by atoms with E-state index >= 15 is 0 Å². The topological polar surface area (TPSA) is 69.3 Å². The van der Waals surface area contributed by atoms with E-state index in [-0.39, 0.29) is 17.0 Å². The van der Waals surface area contributed by atoms with Gasteiger partial charge in [0, 0.05) is 32.2 Å². The van der Waals surface area contributed by atoms with Gasteiger partial charge in [-0.15, -0.1) is 0 Å². The van der Waals surface area contributed by atoms with E-state index in [1.54, 1.807) is 23.4 Å². The Morgan fingerprint density at radius 2 is 1.85 bits per heavy atom. The molecule has 0 bridgehead atoms. The largest absolute Gasteiger partial charge is 0.357 e. The van der Waals surface area contributed by atoms with Gasteiger partial charge in [0.05, 0.1) is 4.91 Å². The molecule has 2 fully saturated rings. The summed E-state index contributed by atoms with van der Waals surface area (Å²) in [6, 6.07) is 2.08. The average Bonchev–Trinajstić information content (AvgIpc) is 3.02. The van der Waals surface area contributed by atoms with Gasteiger partial charge >= 0.3 is 0 Å². The van der Waals surface area contributed by atoms with Crippen LogP contribution in [0.4, 0.5) is 5.82 Å². The van der Waals surface area contributed by atoms with Crippen molar-refractivity contribution in [2.45, 2.75) is 59.8 Å². The molecule has 178 valence electrons. The SMILES string of the molecule is CCCCCCN1C(=O)/C(=C/c2c(C)c(C#N)c(=O)n(C)c2N2CC(C)CC(C)C2)SC1=S. The van der Waals surface area contributed by atoms with Gasteiger partial charge in [-0.1, -0.05) is 64.0 Å². The summed E-state index contributed by atoms with van der Waals surface area (Å²) in [6.45, 7) is 10.7. The van der Waals surface area contributed by atoms with Crippen molar-refractivity contribution in [2.75, 3.05) is 24.5 Å². The van der Waals surface area contributed by atoms with Gasteiger partial charge in [0.2, 0.25) is 0 Å². The van der Waals surface area contributed by atoms with Crippen molar-refractivity contribution < 1.29 is 4.79 Å². The maximum atomic E-state index is 13.2. The minimum absolute atomic E-state index is 0.0837. The lowest BCUT2D eigenvalue weighted by Crippen LogP contribution is -2.42. The first-order valence-electron chi connectivity index (χ1n) is 11.8. The smallest absolute Gasteiger partial charge is 0.270 e. The number of nitrogens with zero attached hydrogens (tertiary/aromatic N) is 4. The summed E-state index contributed by atoms with van der Waals surface area (Å²) in [5.41, 5.74) is 1.22. The summed E-state index contributed by atoms with van der Waals surface area (Å²) in [5, 5.41) is 9.67. The second-order valence-electron chi connectivity index (χ2n) is 9.46. The molecular weight excluding hydrogens is 452 g/mol. The van der Waals surface area contributed by atoms with Gasteiger partial charge in [-0.2, -0.15) is 5.26 Å². The lowest BCUT2D eigenvalue weighted by molar-refractivity contribution is -0.122. The Labute approximate surface area is 206 Å². The van der Waals surface area contributed by atoms with Crippen LogP contribution in [0.15, 0.2) is 9.70 Å². The summed E-state index contributed by atoms with van der Waals surface area (Å²) < 4.78 is 2.15. The molecule has 2 aliphatic rings. The number of pyridine rings is 1. The number of unbranched alkanes of at least 4 members (excludes halogenated alkanes) is 3. The van der Waals surface area contributed by atoms with E-state index in [1.165, 1.54) is 11.8 Å².